The maximum Gasteiger partial charge on any atom is 0.226 e. The van der Waals surface area contributed by atoms with Gasteiger partial charge in [-0.05, 0) is 30.7 Å². The highest BCUT2D eigenvalue weighted by Crippen LogP contribution is 2.49. The summed E-state index contributed by atoms with van der Waals surface area (Å²) in [4.78, 5) is 14.9. The Morgan fingerprint density at radius 1 is 1.20 bits per heavy atom. The quantitative estimate of drug-likeness (QED) is 0.746. The summed E-state index contributed by atoms with van der Waals surface area (Å²) in [6.07, 6.45) is 5.99. The third kappa shape index (κ3) is 2.93. The highest BCUT2D eigenvalue weighted by Gasteiger charge is 2.46. The minimum absolute atomic E-state index is 0.233. The van der Waals surface area contributed by atoms with E-state index >= 15 is 0 Å². The van der Waals surface area contributed by atoms with Gasteiger partial charge in [-0.2, -0.15) is 0 Å². The van der Waals surface area contributed by atoms with Crippen LogP contribution < -0.4 is 0 Å². The van der Waals surface area contributed by atoms with Crippen LogP contribution in [0.25, 0.3) is 0 Å². The summed E-state index contributed by atoms with van der Waals surface area (Å²) in [5, 5.41) is 0.887. The molecule has 3 heteroatoms. The van der Waals surface area contributed by atoms with Crippen LogP contribution in [-0.2, 0) is 4.79 Å². The Morgan fingerprint density at radius 3 is 2.55 bits per heavy atom. The third-order valence-electron chi connectivity index (χ3n) is 4.71. The molecule has 1 aromatic carbocycles. The van der Waals surface area contributed by atoms with E-state index in [0.717, 1.165) is 18.3 Å². The molecule has 0 radical (unpaired) electrons. The van der Waals surface area contributed by atoms with Crippen LogP contribution in [0.3, 0.4) is 0 Å². The largest absolute Gasteiger partial charge is 0.339 e. The van der Waals surface area contributed by atoms with E-state index in [1.807, 2.05) is 6.07 Å². The van der Waals surface area contributed by atoms with Crippen LogP contribution in [0.2, 0.25) is 0 Å². The number of benzene rings is 1. The van der Waals surface area contributed by atoms with E-state index in [9.17, 15) is 4.79 Å². The Labute approximate surface area is 129 Å². The average molecular weight is 336 g/mol. The fourth-order valence-corrected chi connectivity index (χ4v) is 3.91. The van der Waals surface area contributed by atoms with Gasteiger partial charge in [-0.1, -0.05) is 59.1 Å². The Morgan fingerprint density at radius 2 is 1.90 bits per heavy atom. The van der Waals surface area contributed by atoms with Gasteiger partial charge in [0.2, 0.25) is 5.91 Å². The van der Waals surface area contributed by atoms with Crippen LogP contribution in [0.15, 0.2) is 30.3 Å². The summed E-state index contributed by atoms with van der Waals surface area (Å²) in [5.41, 5.74) is 1.33. The Bertz CT molecular complexity index is 455. The van der Waals surface area contributed by atoms with E-state index in [1.54, 1.807) is 0 Å². The lowest BCUT2D eigenvalue weighted by Crippen LogP contribution is -2.41. The second-order valence-corrected chi connectivity index (χ2v) is 6.81. The molecule has 0 bridgehead atoms. The van der Waals surface area contributed by atoms with E-state index in [4.69, 9.17) is 0 Å². The van der Waals surface area contributed by atoms with E-state index in [0.29, 0.717) is 17.9 Å². The number of hydrogen-bond acceptors (Lipinski definition) is 1. The Balaban J connectivity index is 1.65. The molecule has 0 aromatic heterocycles. The van der Waals surface area contributed by atoms with Gasteiger partial charge in [-0.25, -0.2) is 0 Å². The van der Waals surface area contributed by atoms with Gasteiger partial charge in [0.05, 0.1) is 0 Å². The van der Waals surface area contributed by atoms with Crippen molar-refractivity contribution in [2.45, 2.75) is 44.1 Å². The topological polar surface area (TPSA) is 20.3 Å². The van der Waals surface area contributed by atoms with E-state index in [-0.39, 0.29) is 5.92 Å². The molecule has 20 heavy (non-hydrogen) atoms. The molecule has 2 saturated carbocycles. The summed E-state index contributed by atoms with van der Waals surface area (Å²) in [7, 11) is 0. The van der Waals surface area contributed by atoms with Crippen molar-refractivity contribution in [3.8, 4) is 0 Å². The van der Waals surface area contributed by atoms with Crippen molar-refractivity contribution in [3.63, 3.8) is 0 Å². The molecule has 2 unspecified atom stereocenters. The zero-order valence-corrected chi connectivity index (χ0v) is 13.4. The third-order valence-corrected chi connectivity index (χ3v) is 5.06. The van der Waals surface area contributed by atoms with Crippen molar-refractivity contribution >= 4 is 21.8 Å². The maximum atomic E-state index is 12.8. The van der Waals surface area contributed by atoms with Crippen molar-refractivity contribution in [2.75, 3.05) is 11.9 Å². The van der Waals surface area contributed by atoms with Crippen molar-refractivity contribution in [1.82, 2.24) is 4.90 Å². The molecule has 0 heterocycles. The second-order valence-electron chi connectivity index (χ2n) is 6.02. The summed E-state index contributed by atoms with van der Waals surface area (Å²) in [5.74, 6) is 1.09. The molecule has 1 amide bonds. The molecule has 0 aliphatic heterocycles. The first-order chi connectivity index (χ1) is 9.81. The molecule has 108 valence electrons. The first-order valence-corrected chi connectivity index (χ1v) is 8.85. The molecule has 3 rings (SSSR count). The number of halogens is 1. The number of carbonyl (C=O) groups excluding carboxylic acids is 1. The average Bonchev–Trinajstić information content (AvgIpc) is 3.11. The molecule has 0 saturated heterocycles. The van der Waals surface area contributed by atoms with Gasteiger partial charge in [0.25, 0.3) is 0 Å². The summed E-state index contributed by atoms with van der Waals surface area (Å²) in [6.45, 7) is 0.863. The maximum absolute atomic E-state index is 12.8. The number of alkyl halides is 1. The lowest BCUT2D eigenvalue weighted by Gasteiger charge is -2.28. The monoisotopic (exact) mass is 335 g/mol. The van der Waals surface area contributed by atoms with Crippen LogP contribution in [0.1, 0.15) is 43.6 Å². The summed E-state index contributed by atoms with van der Waals surface area (Å²) in [6, 6.07) is 11.0. The van der Waals surface area contributed by atoms with Crippen molar-refractivity contribution < 1.29 is 4.79 Å². The number of carbonyl (C=O) groups is 1. The fourth-order valence-electron chi connectivity index (χ4n) is 3.53. The molecule has 2 nitrogen and oxygen atoms in total. The van der Waals surface area contributed by atoms with Gasteiger partial charge >= 0.3 is 0 Å². The Hall–Kier alpha value is -0.830. The number of amides is 1. The van der Waals surface area contributed by atoms with Crippen molar-refractivity contribution in [1.29, 1.82) is 0 Å². The first kappa shape index (κ1) is 14.1. The standard InChI is InChI=1S/C17H22BrNO/c18-10-11-19(14-8-4-5-9-14)17(20)16-12-15(16)13-6-2-1-3-7-13/h1-3,6-7,14-16H,4-5,8-12H2. The second kappa shape index (κ2) is 6.30. The molecule has 2 fully saturated rings. The molecule has 2 aliphatic rings. The van der Waals surface area contributed by atoms with Crippen LogP contribution in [0, 0.1) is 5.92 Å². The van der Waals surface area contributed by atoms with Crippen molar-refractivity contribution in [3.05, 3.63) is 35.9 Å². The highest BCUT2D eigenvalue weighted by molar-refractivity contribution is 9.09. The summed E-state index contributed by atoms with van der Waals surface area (Å²) >= 11 is 3.50. The molecule has 0 spiro atoms. The lowest BCUT2D eigenvalue weighted by molar-refractivity contribution is -0.134. The van der Waals surface area contributed by atoms with E-state index < -0.39 is 0 Å². The highest BCUT2D eigenvalue weighted by atomic mass is 79.9. The first-order valence-electron chi connectivity index (χ1n) is 7.72. The van der Waals surface area contributed by atoms with E-state index in [1.165, 1.54) is 31.2 Å². The molecule has 0 N–H and O–H groups in total. The van der Waals surface area contributed by atoms with Gasteiger partial charge in [-0.3, -0.25) is 4.79 Å². The van der Waals surface area contributed by atoms with Gasteiger partial charge < -0.3 is 4.90 Å². The van der Waals surface area contributed by atoms with Gasteiger partial charge in [0, 0.05) is 23.8 Å². The molecular formula is C17H22BrNO. The molecule has 2 atom stereocenters. The lowest BCUT2D eigenvalue weighted by atomic mass is 10.1. The van der Waals surface area contributed by atoms with Gasteiger partial charge in [0.15, 0.2) is 0 Å². The predicted molar refractivity (Wildman–Crippen MR) is 85.1 cm³/mol. The number of rotatable bonds is 5. The van der Waals surface area contributed by atoms with Gasteiger partial charge in [0.1, 0.15) is 0 Å². The fraction of sp³-hybridized carbons (Fsp3) is 0.588. The van der Waals surface area contributed by atoms with Crippen LogP contribution in [0.4, 0.5) is 0 Å². The predicted octanol–water partition coefficient (Wildman–Crippen LogP) is 3.96. The molecule has 2 aliphatic carbocycles. The van der Waals surface area contributed by atoms with Gasteiger partial charge in [-0.15, -0.1) is 0 Å². The smallest absolute Gasteiger partial charge is 0.226 e. The van der Waals surface area contributed by atoms with Crippen LogP contribution in [-0.4, -0.2) is 28.7 Å². The minimum Gasteiger partial charge on any atom is -0.339 e. The molecule has 1 aromatic rings. The zero-order chi connectivity index (χ0) is 13.9. The Kier molecular flexibility index (Phi) is 4.45. The SMILES string of the molecule is O=C(C1CC1c1ccccc1)N(CCBr)C1CCCC1. The number of nitrogens with zero attached hydrogens (tertiary/aromatic N) is 1. The minimum atomic E-state index is 0.233. The summed E-state index contributed by atoms with van der Waals surface area (Å²) < 4.78 is 0. The normalized spacial score (nSPS) is 25.6. The molecular weight excluding hydrogens is 314 g/mol. The van der Waals surface area contributed by atoms with Crippen LogP contribution >= 0.6 is 15.9 Å². The van der Waals surface area contributed by atoms with E-state index in [2.05, 4.69) is 45.1 Å². The van der Waals surface area contributed by atoms with Crippen LogP contribution in [0.5, 0.6) is 0 Å². The van der Waals surface area contributed by atoms with Crippen molar-refractivity contribution in [2.24, 2.45) is 5.92 Å². The number of hydrogen-bond donors (Lipinski definition) is 0. The zero-order valence-electron chi connectivity index (χ0n) is 11.8.